The molecule has 1 saturated heterocycles. The maximum absolute atomic E-state index is 6.09. The van der Waals surface area contributed by atoms with Crippen molar-refractivity contribution in [2.24, 2.45) is 0 Å². The lowest BCUT2D eigenvalue weighted by Crippen LogP contribution is -2.11. The first-order valence-corrected chi connectivity index (χ1v) is 6.20. The molecule has 0 amide bonds. The zero-order valence-corrected chi connectivity index (χ0v) is 11.0. The summed E-state index contributed by atoms with van der Waals surface area (Å²) in [7, 11) is 3.39. The second-order valence-corrected chi connectivity index (χ2v) is 4.74. The highest BCUT2D eigenvalue weighted by Gasteiger charge is 2.23. The Labute approximate surface area is 107 Å². The van der Waals surface area contributed by atoms with Crippen LogP contribution in [0.1, 0.15) is 23.5 Å². The molecule has 4 heteroatoms. The summed E-state index contributed by atoms with van der Waals surface area (Å²) in [4.78, 5) is 0. The molecule has 1 aliphatic heterocycles. The van der Waals surface area contributed by atoms with Crippen LogP contribution in [0.5, 0.6) is 5.75 Å². The Kier molecular flexibility index (Phi) is 4.26. The van der Waals surface area contributed by atoms with E-state index in [0.29, 0.717) is 17.5 Å². The largest absolute Gasteiger partial charge is 0.496 e. The molecule has 1 unspecified atom stereocenters. The molecular formula is C13H18ClNO2. The van der Waals surface area contributed by atoms with Crippen LogP contribution in [0.4, 0.5) is 0 Å². The van der Waals surface area contributed by atoms with Gasteiger partial charge in [-0.15, -0.1) is 0 Å². The number of methoxy groups -OCH3 is 2. The second kappa shape index (κ2) is 5.71. The number of hydrogen-bond donors (Lipinski definition) is 1. The predicted molar refractivity (Wildman–Crippen MR) is 68.9 cm³/mol. The highest BCUT2D eigenvalue weighted by atomic mass is 35.5. The molecule has 1 N–H and O–H groups in total. The number of halogens is 1. The molecule has 2 rings (SSSR count). The molecule has 94 valence electrons. The van der Waals surface area contributed by atoms with Gasteiger partial charge < -0.3 is 14.8 Å². The van der Waals surface area contributed by atoms with Gasteiger partial charge in [0.25, 0.3) is 0 Å². The van der Waals surface area contributed by atoms with Crippen molar-refractivity contribution in [3.8, 4) is 5.75 Å². The normalized spacial score (nSPS) is 19.6. The van der Waals surface area contributed by atoms with Crippen molar-refractivity contribution in [2.75, 3.05) is 27.3 Å². The van der Waals surface area contributed by atoms with E-state index in [1.54, 1.807) is 14.2 Å². The topological polar surface area (TPSA) is 30.5 Å². The van der Waals surface area contributed by atoms with Crippen molar-refractivity contribution in [3.63, 3.8) is 0 Å². The second-order valence-electron chi connectivity index (χ2n) is 4.30. The van der Waals surface area contributed by atoms with E-state index in [9.17, 15) is 0 Å². The third kappa shape index (κ3) is 2.73. The zero-order chi connectivity index (χ0) is 12.3. The minimum atomic E-state index is 0.493. The van der Waals surface area contributed by atoms with Crippen LogP contribution in [0.3, 0.4) is 0 Å². The molecule has 0 saturated carbocycles. The summed E-state index contributed by atoms with van der Waals surface area (Å²) < 4.78 is 10.7. The van der Waals surface area contributed by atoms with Crippen LogP contribution in [0.15, 0.2) is 12.1 Å². The lowest BCUT2D eigenvalue weighted by molar-refractivity contribution is 0.183. The van der Waals surface area contributed by atoms with E-state index in [-0.39, 0.29) is 0 Å². The highest BCUT2D eigenvalue weighted by Crippen LogP contribution is 2.36. The fourth-order valence-corrected chi connectivity index (χ4v) is 2.69. The van der Waals surface area contributed by atoms with Gasteiger partial charge in [-0.25, -0.2) is 0 Å². The van der Waals surface area contributed by atoms with Crippen molar-refractivity contribution in [1.29, 1.82) is 0 Å². The van der Waals surface area contributed by atoms with Gasteiger partial charge in [-0.1, -0.05) is 11.6 Å². The summed E-state index contributed by atoms with van der Waals surface area (Å²) in [5, 5.41) is 4.07. The lowest BCUT2D eigenvalue weighted by atomic mass is 9.92. The Balaban J connectivity index is 2.43. The number of hydrogen-bond acceptors (Lipinski definition) is 3. The summed E-state index contributed by atoms with van der Waals surface area (Å²) in [6.07, 6.45) is 1.13. The molecule has 1 atom stereocenters. The smallest absolute Gasteiger partial charge is 0.124 e. The lowest BCUT2D eigenvalue weighted by Gasteiger charge is -2.19. The third-order valence-corrected chi connectivity index (χ3v) is 3.40. The summed E-state index contributed by atoms with van der Waals surface area (Å²) in [6.45, 7) is 2.63. The Bertz CT molecular complexity index is 389. The molecule has 1 aliphatic rings. The van der Waals surface area contributed by atoms with Crippen LogP contribution in [-0.2, 0) is 11.3 Å². The van der Waals surface area contributed by atoms with Gasteiger partial charge >= 0.3 is 0 Å². The molecule has 1 aromatic rings. The van der Waals surface area contributed by atoms with E-state index in [0.717, 1.165) is 30.8 Å². The van der Waals surface area contributed by atoms with E-state index in [4.69, 9.17) is 21.1 Å². The number of ether oxygens (including phenoxy) is 2. The van der Waals surface area contributed by atoms with Gasteiger partial charge in [-0.3, -0.25) is 0 Å². The Hall–Kier alpha value is -0.770. The van der Waals surface area contributed by atoms with Crippen molar-refractivity contribution in [2.45, 2.75) is 18.9 Å². The van der Waals surface area contributed by atoms with Crippen LogP contribution in [-0.4, -0.2) is 27.3 Å². The molecule has 0 spiro atoms. The third-order valence-electron chi connectivity index (χ3n) is 3.18. The van der Waals surface area contributed by atoms with Crippen molar-refractivity contribution >= 4 is 11.6 Å². The van der Waals surface area contributed by atoms with E-state index < -0.39 is 0 Å². The first-order valence-electron chi connectivity index (χ1n) is 5.82. The standard InChI is InChI=1S/C13H18ClNO2/c1-16-8-10-5-11(14)6-12(17-2)13(10)9-3-4-15-7-9/h5-6,9,15H,3-4,7-8H2,1-2H3. The quantitative estimate of drug-likeness (QED) is 0.897. The van der Waals surface area contributed by atoms with Crippen LogP contribution in [0, 0.1) is 0 Å². The first kappa shape index (κ1) is 12.7. The van der Waals surface area contributed by atoms with Crippen LogP contribution in [0.25, 0.3) is 0 Å². The minimum absolute atomic E-state index is 0.493. The molecular weight excluding hydrogens is 238 g/mol. The molecule has 17 heavy (non-hydrogen) atoms. The van der Waals surface area contributed by atoms with Gasteiger partial charge in [0.15, 0.2) is 0 Å². The maximum atomic E-state index is 6.09. The van der Waals surface area contributed by atoms with E-state index in [1.165, 1.54) is 5.56 Å². The molecule has 0 radical (unpaired) electrons. The summed E-state index contributed by atoms with van der Waals surface area (Å²) in [6, 6.07) is 3.86. The van der Waals surface area contributed by atoms with Gasteiger partial charge in [0, 0.05) is 30.2 Å². The van der Waals surface area contributed by atoms with Crippen molar-refractivity contribution in [3.05, 3.63) is 28.3 Å². The first-order chi connectivity index (χ1) is 8.26. The van der Waals surface area contributed by atoms with Crippen molar-refractivity contribution < 1.29 is 9.47 Å². The molecule has 0 bridgehead atoms. The number of rotatable bonds is 4. The molecule has 0 aromatic heterocycles. The van der Waals surface area contributed by atoms with Crippen LogP contribution >= 0.6 is 11.6 Å². The van der Waals surface area contributed by atoms with Gasteiger partial charge in [0.1, 0.15) is 5.75 Å². The zero-order valence-electron chi connectivity index (χ0n) is 10.3. The molecule has 1 heterocycles. The average Bonchev–Trinajstić information content (AvgIpc) is 2.82. The summed E-state index contributed by atoms with van der Waals surface area (Å²) >= 11 is 6.09. The van der Waals surface area contributed by atoms with Crippen LogP contribution in [0.2, 0.25) is 5.02 Å². The van der Waals surface area contributed by atoms with E-state index in [1.807, 2.05) is 12.1 Å². The van der Waals surface area contributed by atoms with Gasteiger partial charge in [-0.05, 0) is 30.7 Å². The maximum Gasteiger partial charge on any atom is 0.124 e. The molecule has 0 aliphatic carbocycles. The number of nitrogens with one attached hydrogen (secondary N) is 1. The minimum Gasteiger partial charge on any atom is -0.496 e. The van der Waals surface area contributed by atoms with Gasteiger partial charge in [-0.2, -0.15) is 0 Å². The predicted octanol–water partition coefficient (Wildman–Crippen LogP) is 2.57. The average molecular weight is 256 g/mol. The number of benzene rings is 1. The van der Waals surface area contributed by atoms with Crippen molar-refractivity contribution in [1.82, 2.24) is 5.32 Å². The highest BCUT2D eigenvalue weighted by molar-refractivity contribution is 6.30. The fourth-order valence-electron chi connectivity index (χ4n) is 2.46. The van der Waals surface area contributed by atoms with Gasteiger partial charge in [0.2, 0.25) is 0 Å². The Morgan fingerprint density at radius 1 is 1.41 bits per heavy atom. The Morgan fingerprint density at radius 3 is 2.82 bits per heavy atom. The van der Waals surface area contributed by atoms with Crippen LogP contribution < -0.4 is 10.1 Å². The summed E-state index contributed by atoms with van der Waals surface area (Å²) in [5.41, 5.74) is 2.37. The molecule has 1 aromatic carbocycles. The van der Waals surface area contributed by atoms with E-state index >= 15 is 0 Å². The Morgan fingerprint density at radius 2 is 2.24 bits per heavy atom. The fraction of sp³-hybridized carbons (Fsp3) is 0.538. The SMILES string of the molecule is COCc1cc(Cl)cc(OC)c1C1CCNC1. The van der Waals surface area contributed by atoms with Gasteiger partial charge in [0.05, 0.1) is 13.7 Å². The monoisotopic (exact) mass is 255 g/mol. The summed E-state index contributed by atoms with van der Waals surface area (Å²) in [5.74, 6) is 1.37. The molecule has 3 nitrogen and oxygen atoms in total. The van der Waals surface area contributed by atoms with E-state index in [2.05, 4.69) is 5.32 Å². The molecule has 1 fully saturated rings.